The second kappa shape index (κ2) is 8.66. The van der Waals surface area contributed by atoms with Crippen LogP contribution in [0.3, 0.4) is 0 Å². The number of methoxy groups -OCH3 is 1. The van der Waals surface area contributed by atoms with Crippen LogP contribution in [0.5, 0.6) is 0 Å². The monoisotopic (exact) mass is 355 g/mol. The van der Waals surface area contributed by atoms with Gasteiger partial charge in [0.25, 0.3) is 0 Å². The highest BCUT2D eigenvalue weighted by Crippen LogP contribution is 2.35. The van der Waals surface area contributed by atoms with Gasteiger partial charge in [0.05, 0.1) is 24.0 Å². The van der Waals surface area contributed by atoms with E-state index < -0.39 is 5.41 Å². The van der Waals surface area contributed by atoms with Gasteiger partial charge in [-0.2, -0.15) is 5.26 Å². The molecular weight excluding hydrogens is 326 g/mol. The summed E-state index contributed by atoms with van der Waals surface area (Å²) >= 11 is 0. The maximum Gasteiger partial charge on any atom is 0.226 e. The highest BCUT2D eigenvalue weighted by molar-refractivity contribution is 5.79. The smallest absolute Gasteiger partial charge is 0.226 e. The minimum Gasteiger partial charge on any atom is -0.383 e. The summed E-state index contributed by atoms with van der Waals surface area (Å²) in [6.45, 7) is 4.85. The molecule has 0 radical (unpaired) electrons. The van der Waals surface area contributed by atoms with Gasteiger partial charge in [-0.25, -0.2) is 0 Å². The first-order valence-electron chi connectivity index (χ1n) is 9.65. The molecule has 2 aliphatic rings. The van der Waals surface area contributed by atoms with Crippen LogP contribution in [0.15, 0.2) is 30.3 Å². The Balaban J connectivity index is 1.59. The fourth-order valence-electron chi connectivity index (χ4n) is 4.27. The van der Waals surface area contributed by atoms with E-state index in [1.807, 2.05) is 35.2 Å². The molecule has 0 aromatic heterocycles. The molecule has 0 N–H and O–H groups in total. The highest BCUT2D eigenvalue weighted by atomic mass is 16.5. The molecule has 2 saturated heterocycles. The molecule has 1 aromatic rings. The van der Waals surface area contributed by atoms with E-state index in [0.717, 1.165) is 50.9 Å². The second-order valence-corrected chi connectivity index (χ2v) is 7.52. The van der Waals surface area contributed by atoms with E-state index in [-0.39, 0.29) is 11.8 Å². The average Bonchev–Trinajstić information content (AvgIpc) is 2.72. The van der Waals surface area contributed by atoms with Crippen LogP contribution in [-0.4, -0.2) is 62.1 Å². The highest BCUT2D eigenvalue weighted by Gasteiger charge is 2.39. The number of amides is 1. The van der Waals surface area contributed by atoms with Gasteiger partial charge >= 0.3 is 0 Å². The normalized spacial score (nSPS) is 23.4. The van der Waals surface area contributed by atoms with Crippen LogP contribution in [0, 0.1) is 17.2 Å². The van der Waals surface area contributed by atoms with Gasteiger partial charge in [-0.3, -0.25) is 4.79 Å². The third-order valence-electron chi connectivity index (χ3n) is 5.94. The maximum absolute atomic E-state index is 13.0. The van der Waals surface area contributed by atoms with Crippen molar-refractivity contribution in [3.63, 3.8) is 0 Å². The number of nitriles is 1. The molecule has 2 aliphatic heterocycles. The van der Waals surface area contributed by atoms with E-state index in [4.69, 9.17) is 4.74 Å². The van der Waals surface area contributed by atoms with Crippen LogP contribution < -0.4 is 0 Å². The summed E-state index contributed by atoms with van der Waals surface area (Å²) in [5, 5.41) is 9.81. The fourth-order valence-corrected chi connectivity index (χ4v) is 4.27. The molecule has 1 amide bonds. The third-order valence-corrected chi connectivity index (χ3v) is 5.94. The van der Waals surface area contributed by atoms with Gasteiger partial charge in [0, 0.05) is 33.3 Å². The van der Waals surface area contributed by atoms with E-state index in [1.165, 1.54) is 0 Å². The quantitative estimate of drug-likeness (QED) is 0.814. The van der Waals surface area contributed by atoms with Crippen molar-refractivity contribution in [1.29, 1.82) is 5.26 Å². The van der Waals surface area contributed by atoms with Crippen LogP contribution in [0.2, 0.25) is 0 Å². The molecule has 0 spiro atoms. The Labute approximate surface area is 156 Å². The van der Waals surface area contributed by atoms with Crippen molar-refractivity contribution in [2.45, 2.75) is 31.1 Å². The molecule has 0 unspecified atom stereocenters. The molecule has 1 aromatic carbocycles. The topological polar surface area (TPSA) is 56.6 Å². The van der Waals surface area contributed by atoms with Gasteiger partial charge in [0.2, 0.25) is 5.91 Å². The lowest BCUT2D eigenvalue weighted by atomic mass is 9.74. The number of piperidine rings is 2. The average molecular weight is 355 g/mol. The molecule has 26 heavy (non-hydrogen) atoms. The molecular formula is C21H29N3O2. The number of hydrogen-bond acceptors (Lipinski definition) is 4. The van der Waals surface area contributed by atoms with Crippen molar-refractivity contribution in [1.82, 2.24) is 9.80 Å². The summed E-state index contributed by atoms with van der Waals surface area (Å²) in [7, 11) is 1.72. The molecule has 0 bridgehead atoms. The number of carbonyl (C=O) groups is 1. The second-order valence-electron chi connectivity index (χ2n) is 7.52. The first-order valence-corrected chi connectivity index (χ1v) is 9.65. The molecule has 2 heterocycles. The summed E-state index contributed by atoms with van der Waals surface area (Å²) in [4.78, 5) is 17.3. The Kier molecular flexibility index (Phi) is 6.29. The van der Waals surface area contributed by atoms with Crippen LogP contribution in [0.25, 0.3) is 0 Å². The lowest BCUT2D eigenvalue weighted by molar-refractivity contribution is -0.138. The molecule has 5 nitrogen and oxygen atoms in total. The van der Waals surface area contributed by atoms with Gasteiger partial charge in [-0.05, 0) is 37.8 Å². The van der Waals surface area contributed by atoms with E-state index in [2.05, 4.69) is 11.0 Å². The van der Waals surface area contributed by atoms with Gasteiger partial charge in [0.15, 0.2) is 0 Å². The molecule has 140 valence electrons. The number of ether oxygens (including phenoxy) is 1. The Morgan fingerprint density at radius 2 is 2.00 bits per heavy atom. The van der Waals surface area contributed by atoms with Crippen LogP contribution in [0.4, 0.5) is 0 Å². The zero-order chi connectivity index (χ0) is 18.4. The van der Waals surface area contributed by atoms with Crippen LogP contribution in [-0.2, 0) is 14.9 Å². The Morgan fingerprint density at radius 3 is 2.65 bits per heavy atom. The van der Waals surface area contributed by atoms with Crippen LogP contribution >= 0.6 is 0 Å². The first kappa shape index (κ1) is 18.9. The summed E-state index contributed by atoms with van der Waals surface area (Å²) in [6, 6.07) is 12.6. The third kappa shape index (κ3) is 4.08. The molecule has 5 heteroatoms. The number of hydrogen-bond donors (Lipinski definition) is 0. The summed E-state index contributed by atoms with van der Waals surface area (Å²) in [6.07, 6.45) is 3.49. The van der Waals surface area contributed by atoms with Gasteiger partial charge in [-0.1, -0.05) is 30.3 Å². The zero-order valence-corrected chi connectivity index (χ0v) is 15.7. The number of carbonyl (C=O) groups excluding carboxylic acids is 1. The summed E-state index contributed by atoms with van der Waals surface area (Å²) in [5.74, 6) is 0.360. The molecule has 0 saturated carbocycles. The summed E-state index contributed by atoms with van der Waals surface area (Å²) in [5.41, 5.74) is 0.632. The Bertz CT molecular complexity index is 632. The lowest BCUT2D eigenvalue weighted by Gasteiger charge is -2.40. The van der Waals surface area contributed by atoms with E-state index in [0.29, 0.717) is 19.7 Å². The van der Waals surface area contributed by atoms with E-state index in [9.17, 15) is 10.1 Å². The van der Waals surface area contributed by atoms with Crippen molar-refractivity contribution in [2.24, 2.45) is 5.92 Å². The van der Waals surface area contributed by atoms with Crippen molar-refractivity contribution in [2.75, 3.05) is 46.4 Å². The van der Waals surface area contributed by atoms with Crippen molar-refractivity contribution >= 4 is 5.91 Å². The number of nitrogens with zero attached hydrogens (tertiary/aromatic N) is 3. The number of rotatable bonds is 5. The Morgan fingerprint density at radius 1 is 1.27 bits per heavy atom. The van der Waals surface area contributed by atoms with Gasteiger partial charge < -0.3 is 14.5 Å². The van der Waals surface area contributed by atoms with Crippen molar-refractivity contribution < 1.29 is 9.53 Å². The molecule has 1 atom stereocenters. The molecule has 2 fully saturated rings. The van der Waals surface area contributed by atoms with Gasteiger partial charge in [0.1, 0.15) is 0 Å². The first-order chi connectivity index (χ1) is 12.7. The predicted octanol–water partition coefficient (Wildman–Crippen LogP) is 2.43. The maximum atomic E-state index is 13.0. The minimum absolute atomic E-state index is 0.0897. The van der Waals surface area contributed by atoms with E-state index in [1.54, 1.807) is 7.11 Å². The predicted molar refractivity (Wildman–Crippen MR) is 101 cm³/mol. The standard InChI is InChI=1S/C21H29N3O2/c1-26-15-14-23-11-5-6-18(16-23)20(25)24-12-9-21(17-22,10-13-24)19-7-3-2-4-8-19/h2-4,7-8,18H,5-6,9-16H2,1H3/t18-/m0/s1. The Hall–Kier alpha value is -1.90. The van der Waals surface area contributed by atoms with Crippen molar-refractivity contribution in [3.8, 4) is 6.07 Å². The summed E-state index contributed by atoms with van der Waals surface area (Å²) < 4.78 is 5.17. The zero-order valence-electron chi connectivity index (χ0n) is 15.7. The largest absolute Gasteiger partial charge is 0.383 e. The molecule has 3 rings (SSSR count). The van der Waals surface area contributed by atoms with Crippen molar-refractivity contribution in [3.05, 3.63) is 35.9 Å². The number of likely N-dealkylation sites (tertiary alicyclic amines) is 2. The van der Waals surface area contributed by atoms with Gasteiger partial charge in [-0.15, -0.1) is 0 Å². The van der Waals surface area contributed by atoms with Crippen LogP contribution in [0.1, 0.15) is 31.2 Å². The molecule has 0 aliphatic carbocycles. The SMILES string of the molecule is COCCN1CCC[C@H](C(=O)N2CCC(C#N)(c3ccccc3)CC2)C1. The fraction of sp³-hybridized carbons (Fsp3) is 0.619. The van der Waals surface area contributed by atoms with E-state index >= 15 is 0 Å². The lowest BCUT2D eigenvalue weighted by Crippen LogP contribution is -2.50. The number of benzene rings is 1. The minimum atomic E-state index is -0.449.